The minimum Gasteiger partial charge on any atom is -0.366 e. The van der Waals surface area contributed by atoms with Gasteiger partial charge in [0.1, 0.15) is 5.65 Å². The van der Waals surface area contributed by atoms with E-state index in [-0.39, 0.29) is 5.91 Å². The molecule has 0 aliphatic rings. The summed E-state index contributed by atoms with van der Waals surface area (Å²) in [5, 5.41) is 2.77. The molecule has 0 radical (unpaired) electrons. The highest BCUT2D eigenvalue weighted by Crippen LogP contribution is 2.12. The van der Waals surface area contributed by atoms with Crippen LogP contribution < -0.4 is 11.1 Å². The summed E-state index contributed by atoms with van der Waals surface area (Å²) in [7, 11) is 0. The van der Waals surface area contributed by atoms with Crippen LogP contribution in [-0.4, -0.2) is 21.2 Å². The number of carbonyl (C=O) groups is 2. The molecule has 0 unspecified atom stereocenters. The molecule has 1 aromatic carbocycles. The summed E-state index contributed by atoms with van der Waals surface area (Å²) < 4.78 is 1.81. The lowest BCUT2D eigenvalue weighted by Crippen LogP contribution is -2.13. The lowest BCUT2D eigenvalue weighted by molar-refractivity contribution is 0.0998. The van der Waals surface area contributed by atoms with Crippen molar-refractivity contribution >= 4 is 23.1 Å². The number of nitrogens with zero attached hydrogens (tertiary/aromatic N) is 2. The van der Waals surface area contributed by atoms with E-state index in [1.165, 1.54) is 0 Å². The van der Waals surface area contributed by atoms with Crippen LogP contribution in [0.25, 0.3) is 5.65 Å². The number of amides is 2. The zero-order valence-electron chi connectivity index (χ0n) is 11.9. The molecule has 0 saturated heterocycles. The van der Waals surface area contributed by atoms with Crippen molar-refractivity contribution < 1.29 is 9.59 Å². The van der Waals surface area contributed by atoms with E-state index in [2.05, 4.69) is 10.3 Å². The van der Waals surface area contributed by atoms with Crippen LogP contribution in [0.2, 0.25) is 0 Å². The molecule has 0 atom stereocenters. The van der Waals surface area contributed by atoms with Crippen molar-refractivity contribution in [2.75, 3.05) is 5.32 Å². The molecule has 2 aromatic heterocycles. The Bertz CT molecular complexity index is 865. The second-order valence-electron chi connectivity index (χ2n) is 4.96. The highest BCUT2D eigenvalue weighted by molar-refractivity contribution is 6.04. The van der Waals surface area contributed by atoms with Crippen LogP contribution in [0.4, 0.5) is 5.69 Å². The second kappa shape index (κ2) is 5.33. The topological polar surface area (TPSA) is 89.5 Å². The maximum atomic E-state index is 12.2. The Balaban J connectivity index is 1.81. The van der Waals surface area contributed by atoms with Gasteiger partial charge in [-0.15, -0.1) is 0 Å². The van der Waals surface area contributed by atoms with Gasteiger partial charge in [0.25, 0.3) is 5.91 Å². The molecule has 0 aliphatic heterocycles. The van der Waals surface area contributed by atoms with Crippen molar-refractivity contribution in [3.05, 3.63) is 65.6 Å². The monoisotopic (exact) mass is 294 g/mol. The van der Waals surface area contributed by atoms with Gasteiger partial charge in [-0.05, 0) is 43.3 Å². The quantitative estimate of drug-likeness (QED) is 0.774. The summed E-state index contributed by atoms with van der Waals surface area (Å²) in [6, 6.07) is 9.92. The normalized spacial score (nSPS) is 10.6. The fraction of sp³-hybridized carbons (Fsp3) is 0.0625. The van der Waals surface area contributed by atoms with Gasteiger partial charge in [0, 0.05) is 23.6 Å². The molecule has 0 aliphatic carbocycles. The number of aryl methyl sites for hydroxylation is 1. The number of aromatic nitrogens is 2. The Morgan fingerprint density at radius 1 is 1.05 bits per heavy atom. The van der Waals surface area contributed by atoms with E-state index in [0.717, 1.165) is 11.3 Å². The maximum Gasteiger partial charge on any atom is 0.257 e. The molecule has 110 valence electrons. The molecule has 22 heavy (non-hydrogen) atoms. The van der Waals surface area contributed by atoms with E-state index in [9.17, 15) is 9.59 Å². The highest BCUT2D eigenvalue weighted by atomic mass is 16.2. The molecule has 0 fully saturated rings. The van der Waals surface area contributed by atoms with Crippen molar-refractivity contribution in [1.29, 1.82) is 0 Å². The average Bonchev–Trinajstić information content (AvgIpc) is 2.86. The third-order valence-corrected chi connectivity index (χ3v) is 3.26. The summed E-state index contributed by atoms with van der Waals surface area (Å²) in [5.41, 5.74) is 8.36. The van der Waals surface area contributed by atoms with Gasteiger partial charge < -0.3 is 15.5 Å². The van der Waals surface area contributed by atoms with Gasteiger partial charge in [0.05, 0.1) is 11.3 Å². The standard InChI is InChI=1S/C16H14N4O2/c1-10-8-20-9-12(4-7-14(20)18-10)16(22)19-13-5-2-11(3-6-13)15(17)21/h2-9H,1H3,(H2,17,21)(H,19,22). The molecule has 6 nitrogen and oxygen atoms in total. The van der Waals surface area contributed by atoms with Crippen molar-refractivity contribution in [3.8, 4) is 0 Å². The zero-order chi connectivity index (χ0) is 15.7. The first-order valence-corrected chi connectivity index (χ1v) is 6.69. The summed E-state index contributed by atoms with van der Waals surface area (Å²) in [6.07, 6.45) is 3.58. The molecular weight excluding hydrogens is 280 g/mol. The Kier molecular flexibility index (Phi) is 3.34. The van der Waals surface area contributed by atoms with E-state index in [1.807, 2.05) is 13.1 Å². The number of primary amides is 1. The number of benzene rings is 1. The Morgan fingerprint density at radius 3 is 2.41 bits per heavy atom. The van der Waals surface area contributed by atoms with Crippen molar-refractivity contribution in [3.63, 3.8) is 0 Å². The van der Waals surface area contributed by atoms with E-state index in [1.54, 1.807) is 47.0 Å². The summed E-state index contributed by atoms with van der Waals surface area (Å²) in [6.45, 7) is 1.90. The third kappa shape index (κ3) is 2.67. The molecule has 6 heteroatoms. The van der Waals surface area contributed by atoms with Crippen LogP contribution in [-0.2, 0) is 0 Å². The predicted molar refractivity (Wildman–Crippen MR) is 82.8 cm³/mol. The minimum atomic E-state index is -0.501. The fourth-order valence-corrected chi connectivity index (χ4v) is 2.17. The summed E-state index contributed by atoms with van der Waals surface area (Å²) in [4.78, 5) is 27.6. The summed E-state index contributed by atoms with van der Waals surface area (Å²) in [5.74, 6) is -0.737. The van der Waals surface area contributed by atoms with Crippen LogP contribution in [0.3, 0.4) is 0 Å². The van der Waals surface area contributed by atoms with Crippen LogP contribution in [0.15, 0.2) is 48.8 Å². The number of nitrogens with two attached hydrogens (primary N) is 1. The first-order chi connectivity index (χ1) is 10.5. The number of hydrogen-bond acceptors (Lipinski definition) is 3. The Labute approximate surface area is 126 Å². The fourth-order valence-electron chi connectivity index (χ4n) is 2.17. The number of pyridine rings is 1. The van der Waals surface area contributed by atoms with Crippen LogP contribution in [0.1, 0.15) is 26.4 Å². The predicted octanol–water partition coefficient (Wildman–Crippen LogP) is 1.99. The number of carbonyl (C=O) groups excluding carboxylic acids is 2. The Hall–Kier alpha value is -3.15. The Morgan fingerprint density at radius 2 is 1.73 bits per heavy atom. The number of hydrogen-bond donors (Lipinski definition) is 2. The van der Waals surface area contributed by atoms with Gasteiger partial charge in [-0.1, -0.05) is 0 Å². The lowest BCUT2D eigenvalue weighted by Gasteiger charge is -2.06. The van der Waals surface area contributed by atoms with Crippen LogP contribution >= 0.6 is 0 Å². The average molecular weight is 294 g/mol. The summed E-state index contributed by atoms with van der Waals surface area (Å²) >= 11 is 0. The molecule has 3 N–H and O–H groups in total. The van der Waals surface area contributed by atoms with Gasteiger partial charge in [-0.2, -0.15) is 0 Å². The van der Waals surface area contributed by atoms with Gasteiger partial charge in [-0.3, -0.25) is 9.59 Å². The number of nitrogens with one attached hydrogen (secondary N) is 1. The number of rotatable bonds is 3. The van der Waals surface area contributed by atoms with Crippen LogP contribution in [0.5, 0.6) is 0 Å². The molecular formula is C16H14N4O2. The number of imidazole rings is 1. The van der Waals surface area contributed by atoms with E-state index >= 15 is 0 Å². The van der Waals surface area contributed by atoms with Crippen molar-refractivity contribution in [2.45, 2.75) is 6.92 Å². The molecule has 0 bridgehead atoms. The van der Waals surface area contributed by atoms with Crippen molar-refractivity contribution in [1.82, 2.24) is 9.38 Å². The highest BCUT2D eigenvalue weighted by Gasteiger charge is 2.08. The van der Waals surface area contributed by atoms with Gasteiger partial charge in [0.15, 0.2) is 0 Å². The molecule has 2 amide bonds. The molecule has 0 saturated carbocycles. The van der Waals surface area contributed by atoms with E-state index in [0.29, 0.717) is 16.8 Å². The van der Waals surface area contributed by atoms with Crippen LogP contribution in [0, 0.1) is 6.92 Å². The van der Waals surface area contributed by atoms with E-state index < -0.39 is 5.91 Å². The zero-order valence-corrected chi connectivity index (χ0v) is 11.9. The first-order valence-electron chi connectivity index (χ1n) is 6.69. The minimum absolute atomic E-state index is 0.236. The SMILES string of the molecule is Cc1cn2cc(C(=O)Nc3ccc(C(N)=O)cc3)ccc2n1. The van der Waals surface area contributed by atoms with Gasteiger partial charge in [-0.25, -0.2) is 4.98 Å². The second-order valence-corrected chi connectivity index (χ2v) is 4.96. The molecule has 0 spiro atoms. The number of fused-ring (bicyclic) bond motifs is 1. The molecule has 2 heterocycles. The van der Waals surface area contributed by atoms with E-state index in [4.69, 9.17) is 5.73 Å². The largest absolute Gasteiger partial charge is 0.366 e. The third-order valence-electron chi connectivity index (χ3n) is 3.26. The number of anilines is 1. The van der Waals surface area contributed by atoms with Crippen molar-refractivity contribution in [2.24, 2.45) is 5.73 Å². The smallest absolute Gasteiger partial charge is 0.257 e. The lowest BCUT2D eigenvalue weighted by atomic mass is 10.2. The van der Waals surface area contributed by atoms with Gasteiger partial charge in [0.2, 0.25) is 5.91 Å². The molecule has 3 aromatic rings. The van der Waals surface area contributed by atoms with Gasteiger partial charge >= 0.3 is 0 Å². The first kappa shape index (κ1) is 13.8. The molecule has 3 rings (SSSR count). The maximum absolute atomic E-state index is 12.2.